The molecule has 3 rings (SSSR count). The molecule has 104 valence electrons. The van der Waals surface area contributed by atoms with Crippen LogP contribution in [-0.4, -0.2) is 12.6 Å². The molecule has 2 atom stereocenters. The fraction of sp³-hybridized carbons (Fsp3) is 0.647. The lowest BCUT2D eigenvalue weighted by molar-refractivity contribution is 0.0969. The van der Waals surface area contributed by atoms with E-state index in [4.69, 9.17) is 10.5 Å². The third-order valence-electron chi connectivity index (χ3n) is 4.75. The van der Waals surface area contributed by atoms with Crippen LogP contribution in [-0.2, 0) is 12.8 Å². The number of rotatable bonds is 3. The van der Waals surface area contributed by atoms with Crippen molar-refractivity contribution in [2.75, 3.05) is 6.54 Å². The zero-order valence-electron chi connectivity index (χ0n) is 11.7. The fourth-order valence-electron chi connectivity index (χ4n) is 3.56. The van der Waals surface area contributed by atoms with Crippen molar-refractivity contribution in [2.24, 2.45) is 11.7 Å². The number of nitrogens with two attached hydrogens (primary N) is 1. The topological polar surface area (TPSA) is 35.2 Å². The molecule has 1 saturated carbocycles. The van der Waals surface area contributed by atoms with Gasteiger partial charge in [0.05, 0.1) is 0 Å². The van der Waals surface area contributed by atoms with Gasteiger partial charge in [0.15, 0.2) is 0 Å². The molecule has 2 N–H and O–H groups in total. The van der Waals surface area contributed by atoms with Crippen molar-refractivity contribution in [3.8, 4) is 5.75 Å². The molecule has 0 amide bonds. The second kappa shape index (κ2) is 5.96. The molecule has 2 heteroatoms. The number of fused-ring (bicyclic) bond motifs is 1. The lowest BCUT2D eigenvalue weighted by atomic mass is 9.86. The highest BCUT2D eigenvalue weighted by Gasteiger charge is 2.25. The van der Waals surface area contributed by atoms with Crippen molar-refractivity contribution in [1.29, 1.82) is 0 Å². The van der Waals surface area contributed by atoms with Crippen molar-refractivity contribution in [2.45, 2.75) is 57.5 Å². The molecule has 19 heavy (non-hydrogen) atoms. The van der Waals surface area contributed by atoms with Crippen molar-refractivity contribution in [1.82, 2.24) is 0 Å². The second-order valence-corrected chi connectivity index (χ2v) is 6.07. The summed E-state index contributed by atoms with van der Waals surface area (Å²) >= 11 is 0. The van der Waals surface area contributed by atoms with Crippen LogP contribution < -0.4 is 10.5 Å². The average Bonchev–Trinajstić information content (AvgIpc) is 2.48. The summed E-state index contributed by atoms with van der Waals surface area (Å²) in [4.78, 5) is 0. The highest BCUT2D eigenvalue weighted by Crippen LogP contribution is 2.30. The van der Waals surface area contributed by atoms with Crippen LogP contribution in [0.15, 0.2) is 18.2 Å². The van der Waals surface area contributed by atoms with Crippen molar-refractivity contribution in [3.05, 3.63) is 29.3 Å². The third-order valence-corrected chi connectivity index (χ3v) is 4.75. The minimum Gasteiger partial charge on any atom is -0.490 e. The summed E-state index contributed by atoms with van der Waals surface area (Å²) < 4.78 is 6.24. The minimum atomic E-state index is 0.334. The van der Waals surface area contributed by atoms with Crippen LogP contribution in [0.3, 0.4) is 0 Å². The van der Waals surface area contributed by atoms with E-state index in [2.05, 4.69) is 18.2 Å². The van der Waals surface area contributed by atoms with Gasteiger partial charge in [-0.2, -0.15) is 0 Å². The Morgan fingerprint density at radius 1 is 1.00 bits per heavy atom. The highest BCUT2D eigenvalue weighted by atomic mass is 16.5. The third kappa shape index (κ3) is 2.94. The molecule has 0 aliphatic heterocycles. The predicted octanol–water partition coefficient (Wildman–Crippen LogP) is 3.46. The lowest BCUT2D eigenvalue weighted by Gasteiger charge is -2.31. The first-order valence-electron chi connectivity index (χ1n) is 7.85. The molecule has 0 radical (unpaired) electrons. The SMILES string of the molecule is NCC1CCCCC1Oc1ccc2c(c1)CCCC2. The summed E-state index contributed by atoms with van der Waals surface area (Å²) in [5.41, 5.74) is 8.91. The first-order valence-corrected chi connectivity index (χ1v) is 7.85. The zero-order valence-corrected chi connectivity index (χ0v) is 11.7. The van der Waals surface area contributed by atoms with Crippen LogP contribution in [0.5, 0.6) is 5.75 Å². The quantitative estimate of drug-likeness (QED) is 0.902. The molecule has 1 aromatic carbocycles. The Morgan fingerprint density at radius 2 is 1.79 bits per heavy atom. The van der Waals surface area contributed by atoms with Gasteiger partial charge < -0.3 is 10.5 Å². The molecule has 2 aliphatic carbocycles. The summed E-state index contributed by atoms with van der Waals surface area (Å²) in [6.45, 7) is 0.760. The van der Waals surface area contributed by atoms with E-state index in [1.807, 2.05) is 0 Å². The molecule has 2 unspecified atom stereocenters. The Bertz CT molecular complexity index is 429. The number of ether oxygens (including phenoxy) is 1. The Labute approximate surface area is 116 Å². The molecule has 0 heterocycles. The van der Waals surface area contributed by atoms with E-state index in [-0.39, 0.29) is 0 Å². The summed E-state index contributed by atoms with van der Waals surface area (Å²) in [5.74, 6) is 1.61. The molecule has 0 saturated heterocycles. The van der Waals surface area contributed by atoms with E-state index < -0.39 is 0 Å². The van der Waals surface area contributed by atoms with E-state index in [1.165, 1.54) is 62.5 Å². The maximum atomic E-state index is 6.24. The van der Waals surface area contributed by atoms with Crippen LogP contribution in [0.2, 0.25) is 0 Å². The van der Waals surface area contributed by atoms with Gasteiger partial charge in [-0.05, 0) is 74.8 Å². The highest BCUT2D eigenvalue weighted by molar-refractivity contribution is 5.37. The van der Waals surface area contributed by atoms with Gasteiger partial charge in [0.1, 0.15) is 11.9 Å². The van der Waals surface area contributed by atoms with Crippen molar-refractivity contribution < 1.29 is 4.74 Å². The molecule has 2 nitrogen and oxygen atoms in total. The average molecular weight is 259 g/mol. The summed E-state index contributed by atoms with van der Waals surface area (Å²) in [6.07, 6.45) is 10.4. The zero-order chi connectivity index (χ0) is 13.1. The maximum absolute atomic E-state index is 6.24. The van der Waals surface area contributed by atoms with Gasteiger partial charge in [0.25, 0.3) is 0 Å². The van der Waals surface area contributed by atoms with Crippen LogP contribution >= 0.6 is 0 Å². The number of benzene rings is 1. The summed E-state index contributed by atoms with van der Waals surface area (Å²) in [5, 5.41) is 0. The van der Waals surface area contributed by atoms with E-state index in [0.29, 0.717) is 12.0 Å². The monoisotopic (exact) mass is 259 g/mol. The molecular formula is C17H25NO. The number of aryl methyl sites for hydroxylation is 2. The Hall–Kier alpha value is -1.02. The first-order chi connectivity index (χ1) is 9.36. The molecular weight excluding hydrogens is 234 g/mol. The number of hydrogen-bond donors (Lipinski definition) is 1. The van der Waals surface area contributed by atoms with Crippen LogP contribution in [0.4, 0.5) is 0 Å². The lowest BCUT2D eigenvalue weighted by Crippen LogP contribution is -2.35. The van der Waals surface area contributed by atoms with Crippen LogP contribution in [0, 0.1) is 5.92 Å². The maximum Gasteiger partial charge on any atom is 0.120 e. The largest absolute Gasteiger partial charge is 0.490 e. The molecule has 0 aromatic heterocycles. The van der Waals surface area contributed by atoms with Crippen LogP contribution in [0.1, 0.15) is 49.7 Å². The van der Waals surface area contributed by atoms with Crippen LogP contribution in [0.25, 0.3) is 0 Å². The molecule has 1 aromatic rings. The standard InChI is InChI=1S/C17H25NO/c18-12-15-7-3-4-8-17(15)19-16-10-9-13-5-1-2-6-14(13)11-16/h9-11,15,17H,1-8,12,18H2. The molecule has 0 spiro atoms. The van der Waals surface area contributed by atoms with Gasteiger partial charge in [-0.15, -0.1) is 0 Å². The summed E-state index contributed by atoms with van der Waals surface area (Å²) in [6, 6.07) is 6.70. The van der Waals surface area contributed by atoms with Gasteiger partial charge in [0, 0.05) is 5.92 Å². The predicted molar refractivity (Wildman–Crippen MR) is 78.5 cm³/mol. The van der Waals surface area contributed by atoms with E-state index in [1.54, 1.807) is 0 Å². The van der Waals surface area contributed by atoms with Crippen molar-refractivity contribution >= 4 is 0 Å². The Morgan fingerprint density at radius 3 is 2.63 bits per heavy atom. The minimum absolute atomic E-state index is 0.334. The van der Waals surface area contributed by atoms with E-state index >= 15 is 0 Å². The molecule has 1 fully saturated rings. The van der Waals surface area contributed by atoms with Gasteiger partial charge in [-0.25, -0.2) is 0 Å². The first kappa shape index (κ1) is 13.0. The van der Waals surface area contributed by atoms with E-state index in [9.17, 15) is 0 Å². The Kier molecular flexibility index (Phi) is 4.07. The van der Waals surface area contributed by atoms with Crippen molar-refractivity contribution in [3.63, 3.8) is 0 Å². The van der Waals surface area contributed by atoms with Gasteiger partial charge in [-0.3, -0.25) is 0 Å². The summed E-state index contributed by atoms with van der Waals surface area (Å²) in [7, 11) is 0. The number of hydrogen-bond acceptors (Lipinski definition) is 2. The van der Waals surface area contributed by atoms with Gasteiger partial charge in [-0.1, -0.05) is 12.5 Å². The normalized spacial score (nSPS) is 26.8. The fourth-order valence-corrected chi connectivity index (χ4v) is 3.56. The molecule has 2 aliphatic rings. The second-order valence-electron chi connectivity index (χ2n) is 6.07. The Balaban J connectivity index is 1.71. The van der Waals surface area contributed by atoms with Gasteiger partial charge in [0.2, 0.25) is 0 Å². The molecule has 0 bridgehead atoms. The van der Waals surface area contributed by atoms with Gasteiger partial charge >= 0.3 is 0 Å². The smallest absolute Gasteiger partial charge is 0.120 e. The van der Waals surface area contributed by atoms with E-state index in [0.717, 1.165) is 12.3 Å².